The van der Waals surface area contributed by atoms with Gasteiger partial charge in [0.2, 0.25) is 5.91 Å². The third-order valence-electron chi connectivity index (χ3n) is 4.77. The normalized spacial score (nSPS) is 20.8. The number of nitrogens with zero attached hydrogens (tertiary/aromatic N) is 1. The standard InChI is InChI=1S/C18H26N2O3.ClH/c1-22-12-4-9-20-10-7-14(8-11-20)19-18(21)16-13-23-17-6-3-2-5-15(16)17;/h2-3,5-6,14,16H,4,7-13H2,1H3,(H,19,21);1H. The predicted molar refractivity (Wildman–Crippen MR) is 96.0 cm³/mol. The first-order valence-electron chi connectivity index (χ1n) is 8.51. The second-order valence-corrected chi connectivity index (χ2v) is 6.37. The Labute approximate surface area is 150 Å². The summed E-state index contributed by atoms with van der Waals surface area (Å²) < 4.78 is 10.7. The fourth-order valence-corrected chi connectivity index (χ4v) is 3.41. The molecule has 3 rings (SSSR count). The van der Waals surface area contributed by atoms with Crippen molar-refractivity contribution in [2.24, 2.45) is 0 Å². The Bertz CT molecular complexity index is 533. The lowest BCUT2D eigenvalue weighted by Gasteiger charge is -2.32. The molecule has 0 spiro atoms. The second kappa shape index (κ2) is 9.25. The number of rotatable bonds is 6. The molecular weight excluding hydrogens is 328 g/mol. The molecule has 6 heteroatoms. The van der Waals surface area contributed by atoms with E-state index in [2.05, 4.69) is 10.2 Å². The highest BCUT2D eigenvalue weighted by Gasteiger charge is 2.31. The number of likely N-dealkylation sites (tertiary alicyclic amines) is 1. The van der Waals surface area contributed by atoms with Crippen LogP contribution in [0.3, 0.4) is 0 Å². The number of carbonyl (C=O) groups is 1. The summed E-state index contributed by atoms with van der Waals surface area (Å²) in [7, 11) is 1.74. The monoisotopic (exact) mass is 354 g/mol. The SMILES string of the molecule is COCCCN1CCC(NC(=O)C2COc3ccccc32)CC1.Cl. The molecule has 1 aromatic carbocycles. The van der Waals surface area contributed by atoms with Gasteiger partial charge in [-0.25, -0.2) is 0 Å². The van der Waals surface area contributed by atoms with Crippen molar-refractivity contribution in [1.82, 2.24) is 10.2 Å². The molecule has 24 heavy (non-hydrogen) atoms. The van der Waals surface area contributed by atoms with Gasteiger partial charge in [-0.05, 0) is 25.3 Å². The van der Waals surface area contributed by atoms with Crippen LogP contribution in [-0.2, 0) is 9.53 Å². The van der Waals surface area contributed by atoms with E-state index in [1.165, 1.54) is 0 Å². The molecule has 0 bridgehead atoms. The van der Waals surface area contributed by atoms with Gasteiger partial charge in [0.15, 0.2) is 0 Å². The van der Waals surface area contributed by atoms with Gasteiger partial charge in [0.25, 0.3) is 0 Å². The minimum Gasteiger partial charge on any atom is -0.492 e. The van der Waals surface area contributed by atoms with E-state index in [1.54, 1.807) is 7.11 Å². The zero-order chi connectivity index (χ0) is 16.1. The Morgan fingerprint density at radius 2 is 2.08 bits per heavy atom. The minimum absolute atomic E-state index is 0. The number of methoxy groups -OCH3 is 1. The molecule has 134 valence electrons. The molecule has 2 heterocycles. The molecule has 1 fully saturated rings. The molecule has 1 amide bonds. The molecule has 0 aromatic heterocycles. The smallest absolute Gasteiger partial charge is 0.231 e. The van der Waals surface area contributed by atoms with Crippen molar-refractivity contribution in [3.05, 3.63) is 29.8 Å². The molecule has 1 N–H and O–H groups in total. The van der Waals surface area contributed by atoms with E-state index in [0.29, 0.717) is 6.61 Å². The van der Waals surface area contributed by atoms with E-state index in [0.717, 1.165) is 56.8 Å². The zero-order valence-corrected chi connectivity index (χ0v) is 15.0. The van der Waals surface area contributed by atoms with Crippen molar-refractivity contribution in [2.75, 3.05) is 40.0 Å². The van der Waals surface area contributed by atoms with Gasteiger partial charge in [0, 0.05) is 45.0 Å². The van der Waals surface area contributed by atoms with Crippen LogP contribution in [0.25, 0.3) is 0 Å². The highest BCUT2D eigenvalue weighted by Crippen LogP contribution is 2.33. The third kappa shape index (κ3) is 4.62. The van der Waals surface area contributed by atoms with Crippen molar-refractivity contribution in [3.8, 4) is 5.75 Å². The van der Waals surface area contributed by atoms with Gasteiger partial charge in [-0.3, -0.25) is 4.79 Å². The molecule has 0 saturated carbocycles. The highest BCUT2D eigenvalue weighted by atomic mass is 35.5. The topological polar surface area (TPSA) is 50.8 Å². The maximum absolute atomic E-state index is 12.5. The lowest BCUT2D eigenvalue weighted by Crippen LogP contribution is -2.46. The Balaban J connectivity index is 0.00000208. The van der Waals surface area contributed by atoms with Crippen LogP contribution < -0.4 is 10.1 Å². The summed E-state index contributed by atoms with van der Waals surface area (Å²) in [6, 6.07) is 8.12. The predicted octanol–water partition coefficient (Wildman–Crippen LogP) is 2.20. The summed E-state index contributed by atoms with van der Waals surface area (Å²) in [6.07, 6.45) is 3.12. The van der Waals surface area contributed by atoms with E-state index in [4.69, 9.17) is 9.47 Å². The molecule has 2 aliphatic rings. The number of para-hydroxylation sites is 1. The first kappa shape index (κ1) is 19.0. The number of nitrogens with one attached hydrogen (secondary N) is 1. The lowest BCUT2D eigenvalue weighted by molar-refractivity contribution is -0.123. The van der Waals surface area contributed by atoms with Crippen LogP contribution in [-0.4, -0.2) is 56.8 Å². The van der Waals surface area contributed by atoms with Crippen molar-refractivity contribution in [3.63, 3.8) is 0 Å². The average molecular weight is 355 g/mol. The summed E-state index contributed by atoms with van der Waals surface area (Å²) in [4.78, 5) is 15.0. The quantitative estimate of drug-likeness (QED) is 0.796. The maximum atomic E-state index is 12.5. The van der Waals surface area contributed by atoms with Crippen LogP contribution in [0.5, 0.6) is 5.75 Å². The number of benzene rings is 1. The molecular formula is C18H27ClN2O3. The molecule has 2 aliphatic heterocycles. The van der Waals surface area contributed by atoms with Crippen molar-refractivity contribution < 1.29 is 14.3 Å². The van der Waals surface area contributed by atoms with Crippen LogP contribution >= 0.6 is 12.4 Å². The number of hydrogen-bond acceptors (Lipinski definition) is 4. The largest absolute Gasteiger partial charge is 0.492 e. The zero-order valence-electron chi connectivity index (χ0n) is 14.2. The fourth-order valence-electron chi connectivity index (χ4n) is 3.41. The molecule has 5 nitrogen and oxygen atoms in total. The maximum Gasteiger partial charge on any atom is 0.231 e. The second-order valence-electron chi connectivity index (χ2n) is 6.37. The van der Waals surface area contributed by atoms with Crippen molar-refractivity contribution in [1.29, 1.82) is 0 Å². The Morgan fingerprint density at radius 1 is 1.33 bits per heavy atom. The van der Waals surface area contributed by atoms with Gasteiger partial charge in [0.05, 0.1) is 0 Å². The number of ether oxygens (including phenoxy) is 2. The molecule has 1 aromatic rings. The number of carbonyl (C=O) groups excluding carboxylic acids is 1. The number of fused-ring (bicyclic) bond motifs is 1. The number of halogens is 1. The lowest BCUT2D eigenvalue weighted by atomic mass is 9.98. The van der Waals surface area contributed by atoms with Crippen LogP contribution in [0.4, 0.5) is 0 Å². The Morgan fingerprint density at radius 3 is 2.83 bits per heavy atom. The Kier molecular flexibility index (Phi) is 7.34. The Hall–Kier alpha value is -1.30. The molecule has 0 radical (unpaired) electrons. The van der Waals surface area contributed by atoms with Crippen LogP contribution in [0, 0.1) is 0 Å². The van der Waals surface area contributed by atoms with Crippen molar-refractivity contribution >= 4 is 18.3 Å². The first-order chi connectivity index (χ1) is 11.3. The van der Waals surface area contributed by atoms with E-state index in [9.17, 15) is 4.79 Å². The van der Waals surface area contributed by atoms with E-state index < -0.39 is 0 Å². The molecule has 1 atom stereocenters. The fraction of sp³-hybridized carbons (Fsp3) is 0.611. The summed E-state index contributed by atoms with van der Waals surface area (Å²) in [5.41, 5.74) is 1.02. The van der Waals surface area contributed by atoms with Gasteiger partial charge in [-0.2, -0.15) is 0 Å². The molecule has 1 saturated heterocycles. The van der Waals surface area contributed by atoms with E-state index in [1.807, 2.05) is 24.3 Å². The highest BCUT2D eigenvalue weighted by molar-refractivity contribution is 5.86. The van der Waals surface area contributed by atoms with Crippen LogP contribution in [0.1, 0.15) is 30.7 Å². The van der Waals surface area contributed by atoms with E-state index in [-0.39, 0.29) is 30.3 Å². The summed E-state index contributed by atoms with van der Waals surface area (Å²) in [5.74, 6) is 0.791. The van der Waals surface area contributed by atoms with Gasteiger partial charge < -0.3 is 19.7 Å². The minimum atomic E-state index is -0.161. The molecule has 1 unspecified atom stereocenters. The van der Waals surface area contributed by atoms with Gasteiger partial charge >= 0.3 is 0 Å². The third-order valence-corrected chi connectivity index (χ3v) is 4.77. The van der Waals surface area contributed by atoms with Gasteiger partial charge in [0.1, 0.15) is 18.3 Å². The van der Waals surface area contributed by atoms with Gasteiger partial charge in [-0.15, -0.1) is 12.4 Å². The van der Waals surface area contributed by atoms with E-state index >= 15 is 0 Å². The number of amides is 1. The summed E-state index contributed by atoms with van der Waals surface area (Å²) in [6.45, 7) is 4.45. The van der Waals surface area contributed by atoms with Gasteiger partial charge in [-0.1, -0.05) is 18.2 Å². The van der Waals surface area contributed by atoms with Crippen molar-refractivity contribution in [2.45, 2.75) is 31.2 Å². The average Bonchev–Trinajstić information content (AvgIpc) is 3.01. The number of hydrogen-bond donors (Lipinski definition) is 1. The number of piperidine rings is 1. The van der Waals surface area contributed by atoms with Crippen LogP contribution in [0.2, 0.25) is 0 Å². The molecule has 0 aliphatic carbocycles. The van der Waals surface area contributed by atoms with Crippen LogP contribution in [0.15, 0.2) is 24.3 Å². The summed E-state index contributed by atoms with van der Waals surface area (Å²) >= 11 is 0. The summed E-state index contributed by atoms with van der Waals surface area (Å²) in [5, 5.41) is 3.22. The first-order valence-corrected chi connectivity index (χ1v) is 8.51.